The number of fused-ring (bicyclic) bond motifs is 1. The van der Waals surface area contributed by atoms with Crippen LogP contribution in [-0.4, -0.2) is 47.2 Å². The third kappa shape index (κ3) is 6.70. The molecule has 1 atom stereocenters. The summed E-state index contributed by atoms with van der Waals surface area (Å²) in [5.41, 5.74) is 3.83. The lowest BCUT2D eigenvalue weighted by Crippen LogP contribution is -2.43. The molecule has 2 heterocycles. The number of rotatable bonds is 11. The van der Waals surface area contributed by atoms with Crippen molar-refractivity contribution in [3.63, 3.8) is 0 Å². The number of ether oxygens (including phenoxy) is 2. The standard InChI is InChI=1S/C32H29ClF4N4O5/c1-3-46-29-18(13-26(38)42)12-25(41-28(29)16-4-7-23(34)22(33)10-16)31(44,20-5-6-20)15-40-30(43)19-8-17-9-21(32(35,36)37)14-39-27(17)24(11-19)45-2/h4,7-12,14,20,44H,3,5-6,13,15H2,1-2H3,(H2,38,42)(H,40,43)/t31-/m1/s1. The number of aliphatic hydroxyl groups is 1. The van der Waals surface area contributed by atoms with Crippen molar-refractivity contribution in [2.75, 3.05) is 20.3 Å². The number of aromatic nitrogens is 2. The fourth-order valence-corrected chi connectivity index (χ4v) is 5.43. The van der Waals surface area contributed by atoms with E-state index >= 15 is 0 Å². The molecule has 1 aliphatic carbocycles. The monoisotopic (exact) mass is 660 g/mol. The molecule has 1 fully saturated rings. The fraction of sp³-hybridized carbons (Fsp3) is 0.312. The van der Waals surface area contributed by atoms with Crippen molar-refractivity contribution >= 4 is 34.3 Å². The van der Waals surface area contributed by atoms with Gasteiger partial charge in [-0.25, -0.2) is 9.37 Å². The molecule has 0 bridgehead atoms. The number of carbonyl (C=O) groups excluding carboxylic acids is 2. The topological polar surface area (TPSA) is 137 Å². The summed E-state index contributed by atoms with van der Waals surface area (Å²) in [5, 5.41) is 14.6. The Morgan fingerprint density at radius 2 is 1.89 bits per heavy atom. The highest BCUT2D eigenvalue weighted by molar-refractivity contribution is 6.31. The highest BCUT2D eigenvalue weighted by atomic mass is 35.5. The largest absolute Gasteiger partial charge is 0.494 e. The average molecular weight is 661 g/mol. The van der Waals surface area contributed by atoms with Crippen molar-refractivity contribution in [1.29, 1.82) is 0 Å². The molecule has 46 heavy (non-hydrogen) atoms. The van der Waals surface area contributed by atoms with E-state index < -0.39 is 35.0 Å². The van der Waals surface area contributed by atoms with Gasteiger partial charge in [-0.2, -0.15) is 13.2 Å². The second-order valence-electron chi connectivity index (χ2n) is 10.9. The van der Waals surface area contributed by atoms with Crippen LogP contribution in [0.4, 0.5) is 17.6 Å². The Kier molecular flexibility index (Phi) is 9.09. The van der Waals surface area contributed by atoms with Gasteiger partial charge in [0.1, 0.15) is 34.1 Å². The Balaban J connectivity index is 1.54. The van der Waals surface area contributed by atoms with Crippen molar-refractivity contribution in [3.8, 4) is 22.8 Å². The van der Waals surface area contributed by atoms with E-state index in [0.29, 0.717) is 30.2 Å². The van der Waals surface area contributed by atoms with Crippen molar-refractivity contribution in [2.45, 2.75) is 38.0 Å². The van der Waals surface area contributed by atoms with E-state index in [9.17, 15) is 32.3 Å². The van der Waals surface area contributed by atoms with E-state index in [4.69, 9.17) is 31.8 Å². The summed E-state index contributed by atoms with van der Waals surface area (Å²) < 4.78 is 65.2. The summed E-state index contributed by atoms with van der Waals surface area (Å²) in [6.07, 6.45) is -3.04. The molecule has 0 spiro atoms. The van der Waals surface area contributed by atoms with E-state index in [1.165, 1.54) is 37.4 Å². The number of nitrogens with two attached hydrogens (primary N) is 1. The number of nitrogens with zero attached hydrogens (tertiary/aromatic N) is 2. The van der Waals surface area contributed by atoms with Gasteiger partial charge in [-0.3, -0.25) is 14.6 Å². The van der Waals surface area contributed by atoms with E-state index in [-0.39, 0.29) is 69.9 Å². The van der Waals surface area contributed by atoms with Gasteiger partial charge in [0.25, 0.3) is 5.91 Å². The lowest BCUT2D eigenvalue weighted by Gasteiger charge is -2.30. The normalized spacial score (nSPS) is 14.5. The quantitative estimate of drug-likeness (QED) is 0.179. The maximum absolute atomic E-state index is 14.0. The smallest absolute Gasteiger partial charge is 0.417 e. The Morgan fingerprint density at radius 1 is 1.15 bits per heavy atom. The van der Waals surface area contributed by atoms with Crippen LogP contribution in [0.1, 0.15) is 46.9 Å². The molecule has 0 radical (unpaired) electrons. The van der Waals surface area contributed by atoms with Gasteiger partial charge in [0, 0.05) is 28.3 Å². The summed E-state index contributed by atoms with van der Waals surface area (Å²) in [5.74, 6) is -2.10. The minimum absolute atomic E-state index is 0.0284. The molecule has 5 rings (SSSR count). The molecule has 2 amide bonds. The molecular weight excluding hydrogens is 632 g/mol. The van der Waals surface area contributed by atoms with E-state index in [2.05, 4.69) is 10.3 Å². The molecule has 14 heteroatoms. The molecule has 4 aromatic rings. The number of benzene rings is 2. The first-order valence-corrected chi connectivity index (χ1v) is 14.6. The predicted molar refractivity (Wildman–Crippen MR) is 161 cm³/mol. The lowest BCUT2D eigenvalue weighted by molar-refractivity contribution is -0.137. The van der Waals surface area contributed by atoms with Gasteiger partial charge in [0.05, 0.1) is 43.0 Å². The minimum Gasteiger partial charge on any atom is -0.494 e. The van der Waals surface area contributed by atoms with Gasteiger partial charge >= 0.3 is 6.18 Å². The Hall–Kier alpha value is -4.49. The van der Waals surface area contributed by atoms with Gasteiger partial charge in [-0.1, -0.05) is 11.6 Å². The highest BCUT2D eigenvalue weighted by Crippen LogP contribution is 2.47. The predicted octanol–water partition coefficient (Wildman–Crippen LogP) is 5.57. The molecule has 2 aromatic carbocycles. The van der Waals surface area contributed by atoms with Crippen LogP contribution in [0.3, 0.4) is 0 Å². The zero-order valence-electron chi connectivity index (χ0n) is 24.7. The number of primary amides is 1. The third-order valence-corrected chi connectivity index (χ3v) is 7.96. The van der Waals surface area contributed by atoms with Crippen LogP contribution in [0, 0.1) is 11.7 Å². The van der Waals surface area contributed by atoms with Crippen LogP contribution in [0.15, 0.2) is 48.7 Å². The molecule has 1 aliphatic rings. The van der Waals surface area contributed by atoms with E-state index in [1.807, 2.05) is 0 Å². The fourth-order valence-electron chi connectivity index (χ4n) is 5.25. The van der Waals surface area contributed by atoms with Gasteiger partial charge in [-0.15, -0.1) is 0 Å². The molecule has 9 nitrogen and oxygen atoms in total. The van der Waals surface area contributed by atoms with Crippen LogP contribution in [0.25, 0.3) is 22.2 Å². The third-order valence-electron chi connectivity index (χ3n) is 7.67. The molecule has 4 N–H and O–H groups in total. The average Bonchev–Trinajstić information content (AvgIpc) is 3.86. The summed E-state index contributed by atoms with van der Waals surface area (Å²) in [4.78, 5) is 34.0. The molecule has 2 aromatic heterocycles. The number of pyridine rings is 2. The summed E-state index contributed by atoms with van der Waals surface area (Å²) >= 11 is 6.06. The maximum atomic E-state index is 14.0. The zero-order valence-corrected chi connectivity index (χ0v) is 25.4. The first-order valence-electron chi connectivity index (χ1n) is 14.2. The second-order valence-corrected chi connectivity index (χ2v) is 11.3. The van der Waals surface area contributed by atoms with E-state index in [0.717, 1.165) is 12.1 Å². The highest BCUT2D eigenvalue weighted by Gasteiger charge is 2.47. The second kappa shape index (κ2) is 12.7. The van der Waals surface area contributed by atoms with Gasteiger partial charge in [0.2, 0.25) is 5.91 Å². The summed E-state index contributed by atoms with van der Waals surface area (Å²) in [6, 6.07) is 8.85. The Labute approximate surface area is 265 Å². The molecule has 0 aliphatic heterocycles. The number of hydrogen-bond donors (Lipinski definition) is 3. The molecule has 242 valence electrons. The van der Waals surface area contributed by atoms with Crippen molar-refractivity contribution in [3.05, 3.63) is 81.9 Å². The summed E-state index contributed by atoms with van der Waals surface area (Å²) in [6.45, 7) is 1.56. The SMILES string of the molecule is CCOc1c(CC(N)=O)cc([C@@](O)(CNC(=O)c2cc(OC)c3ncc(C(F)(F)F)cc3c2)C2CC2)nc1-c1ccc(F)c(Cl)c1. The van der Waals surface area contributed by atoms with Crippen LogP contribution in [-0.2, 0) is 23.0 Å². The van der Waals surface area contributed by atoms with Crippen molar-refractivity contribution < 1.29 is 41.7 Å². The number of halogens is 5. The maximum Gasteiger partial charge on any atom is 0.417 e. The van der Waals surface area contributed by atoms with E-state index in [1.54, 1.807) is 6.92 Å². The molecule has 0 saturated heterocycles. The van der Waals surface area contributed by atoms with Crippen LogP contribution in [0.5, 0.6) is 11.5 Å². The van der Waals surface area contributed by atoms with Gasteiger partial charge < -0.3 is 25.6 Å². The zero-order chi connectivity index (χ0) is 33.4. The lowest BCUT2D eigenvalue weighted by atomic mass is 9.90. The van der Waals surface area contributed by atoms with Gasteiger partial charge in [-0.05, 0) is 68.1 Å². The Morgan fingerprint density at radius 3 is 2.50 bits per heavy atom. The number of carbonyl (C=O) groups is 2. The van der Waals surface area contributed by atoms with Crippen molar-refractivity contribution in [1.82, 2.24) is 15.3 Å². The molecule has 0 unspecified atom stereocenters. The number of methoxy groups -OCH3 is 1. The molecular formula is C32H29ClF4N4O5. The first-order chi connectivity index (χ1) is 21.7. The summed E-state index contributed by atoms with van der Waals surface area (Å²) in [7, 11) is 1.30. The van der Waals surface area contributed by atoms with Crippen LogP contribution >= 0.6 is 11.6 Å². The number of amides is 2. The van der Waals surface area contributed by atoms with Gasteiger partial charge in [0.15, 0.2) is 0 Å². The number of hydrogen-bond acceptors (Lipinski definition) is 7. The minimum atomic E-state index is -4.65. The Bertz CT molecular complexity index is 1830. The van der Waals surface area contributed by atoms with Crippen molar-refractivity contribution in [2.24, 2.45) is 11.7 Å². The molecule has 1 saturated carbocycles. The number of alkyl halides is 3. The van der Waals surface area contributed by atoms with Crippen LogP contribution in [0.2, 0.25) is 5.02 Å². The first kappa shape index (κ1) is 32.9. The van der Waals surface area contributed by atoms with Crippen LogP contribution < -0.4 is 20.5 Å². The number of nitrogens with one attached hydrogen (secondary N) is 1.